The summed E-state index contributed by atoms with van der Waals surface area (Å²) in [6, 6.07) is 22.1. The minimum atomic E-state index is -0.455. The lowest BCUT2D eigenvalue weighted by atomic mass is 10.1. The van der Waals surface area contributed by atoms with E-state index in [0.29, 0.717) is 29.0 Å². The topological polar surface area (TPSA) is 105 Å². The highest BCUT2D eigenvalue weighted by molar-refractivity contribution is 6.06. The largest absolute Gasteiger partial charge is 0.465 e. The van der Waals surface area contributed by atoms with E-state index in [2.05, 4.69) is 15.4 Å². The number of nitrogens with one attached hydrogen (secondary N) is 2. The quantitative estimate of drug-likeness (QED) is 0.549. The van der Waals surface area contributed by atoms with Crippen molar-refractivity contribution in [3.8, 4) is 0 Å². The van der Waals surface area contributed by atoms with Gasteiger partial charge in [0, 0.05) is 35.6 Å². The zero-order chi connectivity index (χ0) is 24.1. The molecule has 0 radical (unpaired) electrons. The number of hydrogen-bond acceptors (Lipinski definition) is 5. The zero-order valence-corrected chi connectivity index (χ0v) is 18.5. The normalized spacial score (nSPS) is 15.0. The number of ether oxygens (including phenoxy) is 1. The fourth-order valence-electron chi connectivity index (χ4n) is 3.70. The number of methoxy groups -OCH3 is 1. The molecular weight excluding hydrogens is 434 g/mol. The van der Waals surface area contributed by atoms with Crippen molar-refractivity contribution < 1.29 is 23.9 Å². The van der Waals surface area contributed by atoms with Crippen LogP contribution in [0.1, 0.15) is 27.1 Å². The van der Waals surface area contributed by atoms with Gasteiger partial charge in [0.05, 0.1) is 18.6 Å². The molecule has 8 nitrogen and oxygen atoms in total. The summed E-state index contributed by atoms with van der Waals surface area (Å²) in [5.74, 6) is -1.56. The molecule has 172 valence electrons. The average molecular weight is 457 g/mol. The summed E-state index contributed by atoms with van der Waals surface area (Å²) in [6.45, 7) is 0.323. The third-order valence-electron chi connectivity index (χ3n) is 5.54. The summed E-state index contributed by atoms with van der Waals surface area (Å²) in [4.78, 5) is 50.7. The van der Waals surface area contributed by atoms with Crippen LogP contribution < -0.4 is 15.5 Å². The van der Waals surface area contributed by atoms with Gasteiger partial charge in [-0.15, -0.1) is 0 Å². The Labute approximate surface area is 196 Å². The second kappa shape index (κ2) is 9.99. The highest BCUT2D eigenvalue weighted by Gasteiger charge is 2.35. The van der Waals surface area contributed by atoms with Gasteiger partial charge in [0.25, 0.3) is 5.91 Å². The van der Waals surface area contributed by atoms with E-state index in [1.807, 2.05) is 30.3 Å². The molecule has 1 saturated heterocycles. The molecule has 1 atom stereocenters. The number of amides is 3. The van der Waals surface area contributed by atoms with E-state index in [1.54, 1.807) is 53.4 Å². The van der Waals surface area contributed by atoms with Crippen LogP contribution in [0.5, 0.6) is 0 Å². The lowest BCUT2D eigenvalue weighted by Crippen LogP contribution is -2.28. The average Bonchev–Trinajstić information content (AvgIpc) is 3.26. The fraction of sp³-hybridized carbons (Fsp3) is 0.154. The molecule has 1 heterocycles. The van der Waals surface area contributed by atoms with E-state index in [4.69, 9.17) is 0 Å². The Morgan fingerprint density at radius 3 is 2.03 bits per heavy atom. The molecule has 2 N–H and O–H groups in total. The summed E-state index contributed by atoms with van der Waals surface area (Å²) in [5.41, 5.74) is 2.63. The van der Waals surface area contributed by atoms with Gasteiger partial charge in [-0.05, 0) is 60.7 Å². The van der Waals surface area contributed by atoms with Crippen molar-refractivity contribution in [2.75, 3.05) is 29.2 Å². The number of para-hydroxylation sites is 1. The number of benzene rings is 3. The number of carbonyl (C=O) groups is 4. The summed E-state index contributed by atoms with van der Waals surface area (Å²) in [7, 11) is 1.30. The molecule has 3 aromatic rings. The SMILES string of the molecule is COC(=O)c1ccc(NC(=O)c2ccc(NC(=O)C3CC(=O)N(c4ccccc4)C3)cc2)cc1. The number of nitrogens with zero attached hydrogens (tertiary/aromatic N) is 1. The monoisotopic (exact) mass is 457 g/mol. The first-order valence-electron chi connectivity index (χ1n) is 10.7. The highest BCUT2D eigenvalue weighted by Crippen LogP contribution is 2.26. The van der Waals surface area contributed by atoms with E-state index in [1.165, 1.54) is 7.11 Å². The number of hydrogen-bond donors (Lipinski definition) is 2. The van der Waals surface area contributed by atoms with Crippen LogP contribution in [0.25, 0.3) is 0 Å². The molecule has 0 spiro atoms. The lowest BCUT2D eigenvalue weighted by molar-refractivity contribution is -0.122. The molecular formula is C26H23N3O5. The van der Waals surface area contributed by atoms with Crippen LogP contribution in [0, 0.1) is 5.92 Å². The van der Waals surface area contributed by atoms with E-state index in [9.17, 15) is 19.2 Å². The van der Waals surface area contributed by atoms with Crippen molar-refractivity contribution in [2.24, 2.45) is 5.92 Å². The van der Waals surface area contributed by atoms with Crippen molar-refractivity contribution >= 4 is 40.8 Å². The Hall–Kier alpha value is -4.46. The molecule has 1 fully saturated rings. The van der Waals surface area contributed by atoms with Gasteiger partial charge in [-0.1, -0.05) is 18.2 Å². The first-order valence-corrected chi connectivity index (χ1v) is 10.7. The number of esters is 1. The molecule has 0 aromatic heterocycles. The molecule has 0 bridgehead atoms. The smallest absolute Gasteiger partial charge is 0.337 e. The third kappa shape index (κ3) is 5.12. The van der Waals surface area contributed by atoms with Gasteiger partial charge in [-0.3, -0.25) is 14.4 Å². The van der Waals surface area contributed by atoms with E-state index < -0.39 is 11.9 Å². The zero-order valence-electron chi connectivity index (χ0n) is 18.5. The van der Waals surface area contributed by atoms with Crippen molar-refractivity contribution in [3.63, 3.8) is 0 Å². The molecule has 0 aliphatic carbocycles. The predicted molar refractivity (Wildman–Crippen MR) is 128 cm³/mol. The van der Waals surface area contributed by atoms with Gasteiger partial charge in [-0.25, -0.2) is 4.79 Å². The Morgan fingerprint density at radius 1 is 0.824 bits per heavy atom. The first-order chi connectivity index (χ1) is 16.4. The van der Waals surface area contributed by atoms with E-state index in [-0.39, 0.29) is 24.1 Å². The molecule has 3 amide bonds. The van der Waals surface area contributed by atoms with Gasteiger partial charge in [-0.2, -0.15) is 0 Å². The van der Waals surface area contributed by atoms with Crippen LogP contribution >= 0.6 is 0 Å². The molecule has 1 unspecified atom stereocenters. The molecule has 0 saturated carbocycles. The van der Waals surface area contributed by atoms with Crippen molar-refractivity contribution in [2.45, 2.75) is 6.42 Å². The molecule has 4 rings (SSSR count). The summed E-state index contributed by atoms with van der Waals surface area (Å²) >= 11 is 0. The van der Waals surface area contributed by atoms with Crippen molar-refractivity contribution in [3.05, 3.63) is 90.0 Å². The van der Waals surface area contributed by atoms with Crippen LogP contribution in [0.4, 0.5) is 17.1 Å². The molecule has 8 heteroatoms. The summed E-state index contributed by atoms with van der Waals surface area (Å²) in [5, 5.41) is 5.57. The van der Waals surface area contributed by atoms with Gasteiger partial charge in [0.15, 0.2) is 0 Å². The number of rotatable bonds is 6. The van der Waals surface area contributed by atoms with Crippen LogP contribution in [-0.2, 0) is 14.3 Å². The molecule has 3 aromatic carbocycles. The third-order valence-corrected chi connectivity index (χ3v) is 5.54. The second-order valence-electron chi connectivity index (χ2n) is 7.83. The Kier molecular flexibility index (Phi) is 6.68. The maximum Gasteiger partial charge on any atom is 0.337 e. The minimum Gasteiger partial charge on any atom is -0.465 e. The Bertz CT molecular complexity index is 1210. The van der Waals surface area contributed by atoms with E-state index in [0.717, 1.165) is 5.69 Å². The fourth-order valence-corrected chi connectivity index (χ4v) is 3.70. The lowest BCUT2D eigenvalue weighted by Gasteiger charge is -2.16. The molecule has 1 aliphatic heterocycles. The summed E-state index contributed by atoms with van der Waals surface area (Å²) < 4.78 is 4.65. The molecule has 34 heavy (non-hydrogen) atoms. The van der Waals surface area contributed by atoms with Crippen LogP contribution in [-0.4, -0.2) is 37.3 Å². The number of anilines is 3. The van der Waals surface area contributed by atoms with Gasteiger partial charge in [0.1, 0.15) is 0 Å². The highest BCUT2D eigenvalue weighted by atomic mass is 16.5. The van der Waals surface area contributed by atoms with Crippen LogP contribution in [0.3, 0.4) is 0 Å². The van der Waals surface area contributed by atoms with Crippen molar-refractivity contribution in [1.29, 1.82) is 0 Å². The maximum absolute atomic E-state index is 12.7. The van der Waals surface area contributed by atoms with Gasteiger partial charge >= 0.3 is 5.97 Å². The van der Waals surface area contributed by atoms with E-state index >= 15 is 0 Å². The number of carbonyl (C=O) groups excluding carboxylic acids is 4. The van der Waals surface area contributed by atoms with Crippen LogP contribution in [0.2, 0.25) is 0 Å². The molecule has 1 aliphatic rings. The van der Waals surface area contributed by atoms with Gasteiger partial charge < -0.3 is 20.3 Å². The van der Waals surface area contributed by atoms with Crippen LogP contribution in [0.15, 0.2) is 78.9 Å². The second-order valence-corrected chi connectivity index (χ2v) is 7.83. The Morgan fingerprint density at radius 2 is 1.41 bits per heavy atom. The predicted octanol–water partition coefficient (Wildman–Crippen LogP) is 3.72. The summed E-state index contributed by atoms with van der Waals surface area (Å²) in [6.07, 6.45) is 0.149. The Balaban J connectivity index is 1.33. The van der Waals surface area contributed by atoms with Crippen molar-refractivity contribution in [1.82, 2.24) is 0 Å². The maximum atomic E-state index is 12.7. The first kappa shape index (κ1) is 22.7. The minimum absolute atomic E-state index is 0.0852. The van der Waals surface area contributed by atoms with Gasteiger partial charge in [0.2, 0.25) is 11.8 Å². The standard InChI is InChI=1S/C26H23N3O5/c1-34-26(33)18-9-13-21(14-10-18)27-24(31)17-7-11-20(12-8-17)28-25(32)19-15-23(30)29(16-19)22-5-3-2-4-6-22/h2-14,19H,15-16H2,1H3,(H,27,31)(H,28,32).